The van der Waals surface area contributed by atoms with Gasteiger partial charge in [-0.3, -0.25) is 0 Å². The van der Waals surface area contributed by atoms with Gasteiger partial charge in [0.1, 0.15) is 5.75 Å². The van der Waals surface area contributed by atoms with Crippen molar-refractivity contribution in [2.24, 2.45) is 5.73 Å². The summed E-state index contributed by atoms with van der Waals surface area (Å²) in [6.45, 7) is 1.99. The van der Waals surface area contributed by atoms with Crippen LogP contribution >= 0.6 is 0 Å². The van der Waals surface area contributed by atoms with E-state index in [1.807, 2.05) is 12.1 Å². The van der Waals surface area contributed by atoms with Gasteiger partial charge in [0.15, 0.2) is 0 Å². The molecule has 3 heteroatoms. The predicted molar refractivity (Wildman–Crippen MR) is 78.9 cm³/mol. The molecular weight excluding hydrogens is 250 g/mol. The Hall–Kier alpha value is -1.84. The Kier molecular flexibility index (Phi) is 3.47. The van der Waals surface area contributed by atoms with Crippen LogP contribution in [0.15, 0.2) is 48.5 Å². The standard InChI is InChI=1S/C17H19NO2/c1-19-16-4-2-3-15(9-16)17(11-20-12-17)14-7-5-13(10-18)6-8-14/h2-9H,10-12,18H2,1H3. The monoisotopic (exact) mass is 269 g/mol. The van der Waals surface area contributed by atoms with Crippen LogP contribution in [-0.2, 0) is 16.7 Å². The summed E-state index contributed by atoms with van der Waals surface area (Å²) in [6.07, 6.45) is 0. The quantitative estimate of drug-likeness (QED) is 0.927. The maximum absolute atomic E-state index is 5.66. The van der Waals surface area contributed by atoms with Gasteiger partial charge in [-0.1, -0.05) is 36.4 Å². The van der Waals surface area contributed by atoms with Gasteiger partial charge in [-0.25, -0.2) is 0 Å². The van der Waals surface area contributed by atoms with E-state index < -0.39 is 0 Å². The summed E-state index contributed by atoms with van der Waals surface area (Å²) in [5.74, 6) is 0.882. The molecule has 0 radical (unpaired) electrons. The zero-order valence-corrected chi connectivity index (χ0v) is 11.6. The van der Waals surface area contributed by atoms with E-state index in [9.17, 15) is 0 Å². The van der Waals surface area contributed by atoms with Crippen LogP contribution in [-0.4, -0.2) is 20.3 Å². The molecule has 1 aliphatic rings. The van der Waals surface area contributed by atoms with Crippen LogP contribution in [0.5, 0.6) is 5.75 Å². The maximum atomic E-state index is 5.66. The minimum Gasteiger partial charge on any atom is -0.497 e. The Morgan fingerprint density at radius 2 is 1.85 bits per heavy atom. The van der Waals surface area contributed by atoms with E-state index in [0.717, 1.165) is 11.3 Å². The highest BCUT2D eigenvalue weighted by molar-refractivity contribution is 5.45. The molecule has 0 atom stereocenters. The van der Waals surface area contributed by atoms with Gasteiger partial charge < -0.3 is 15.2 Å². The van der Waals surface area contributed by atoms with Crippen LogP contribution in [0.2, 0.25) is 0 Å². The molecule has 0 unspecified atom stereocenters. The number of rotatable bonds is 4. The SMILES string of the molecule is COc1cccc(C2(c3ccc(CN)cc3)COC2)c1. The average molecular weight is 269 g/mol. The lowest BCUT2D eigenvalue weighted by molar-refractivity contribution is -0.0380. The van der Waals surface area contributed by atoms with Crippen LogP contribution in [0, 0.1) is 0 Å². The first-order valence-corrected chi connectivity index (χ1v) is 6.80. The summed E-state index contributed by atoms with van der Waals surface area (Å²) in [7, 11) is 1.69. The molecule has 1 saturated heterocycles. The minimum absolute atomic E-state index is 0.0539. The van der Waals surface area contributed by atoms with Gasteiger partial charge in [0, 0.05) is 6.54 Å². The van der Waals surface area contributed by atoms with Crippen molar-refractivity contribution in [1.29, 1.82) is 0 Å². The van der Waals surface area contributed by atoms with Crippen molar-refractivity contribution in [1.82, 2.24) is 0 Å². The molecular formula is C17H19NO2. The zero-order chi connectivity index (χ0) is 14.0. The largest absolute Gasteiger partial charge is 0.497 e. The average Bonchev–Trinajstić information content (AvgIpc) is 2.47. The zero-order valence-electron chi connectivity index (χ0n) is 11.6. The smallest absolute Gasteiger partial charge is 0.119 e. The molecule has 0 amide bonds. The number of methoxy groups -OCH3 is 1. The second-order valence-corrected chi connectivity index (χ2v) is 5.21. The van der Waals surface area contributed by atoms with Gasteiger partial charge in [-0.15, -0.1) is 0 Å². The van der Waals surface area contributed by atoms with E-state index in [-0.39, 0.29) is 5.41 Å². The third-order valence-corrected chi connectivity index (χ3v) is 4.06. The lowest BCUT2D eigenvalue weighted by Crippen LogP contribution is -2.47. The molecule has 3 rings (SSSR count). The number of ether oxygens (including phenoxy) is 2. The first-order chi connectivity index (χ1) is 9.78. The number of nitrogens with two attached hydrogens (primary N) is 1. The van der Waals surface area contributed by atoms with Crippen LogP contribution in [0.1, 0.15) is 16.7 Å². The van der Waals surface area contributed by atoms with Crippen LogP contribution < -0.4 is 10.5 Å². The maximum Gasteiger partial charge on any atom is 0.119 e. The summed E-state index contributed by atoms with van der Waals surface area (Å²) >= 11 is 0. The Bertz CT molecular complexity index is 588. The molecule has 1 fully saturated rings. The van der Waals surface area contributed by atoms with Gasteiger partial charge >= 0.3 is 0 Å². The number of hydrogen-bond donors (Lipinski definition) is 1. The van der Waals surface area contributed by atoms with Crippen molar-refractivity contribution >= 4 is 0 Å². The molecule has 0 aromatic heterocycles. The Morgan fingerprint density at radius 3 is 2.40 bits per heavy atom. The molecule has 0 aliphatic carbocycles. The molecule has 2 N–H and O–H groups in total. The third-order valence-electron chi connectivity index (χ3n) is 4.06. The summed E-state index contributed by atoms with van der Waals surface area (Å²) < 4.78 is 10.8. The number of benzene rings is 2. The van der Waals surface area contributed by atoms with E-state index in [1.54, 1.807) is 7.11 Å². The second-order valence-electron chi connectivity index (χ2n) is 5.21. The van der Waals surface area contributed by atoms with E-state index in [2.05, 4.69) is 36.4 Å². The first-order valence-electron chi connectivity index (χ1n) is 6.80. The molecule has 0 spiro atoms. The van der Waals surface area contributed by atoms with E-state index in [4.69, 9.17) is 15.2 Å². The van der Waals surface area contributed by atoms with Crippen LogP contribution in [0.3, 0.4) is 0 Å². The van der Waals surface area contributed by atoms with Gasteiger partial charge in [0.25, 0.3) is 0 Å². The molecule has 0 bridgehead atoms. The van der Waals surface area contributed by atoms with Gasteiger partial charge in [0.2, 0.25) is 0 Å². The topological polar surface area (TPSA) is 44.5 Å². The molecule has 2 aromatic rings. The number of hydrogen-bond acceptors (Lipinski definition) is 3. The molecule has 1 heterocycles. The van der Waals surface area contributed by atoms with Crippen molar-refractivity contribution in [2.75, 3.05) is 20.3 Å². The molecule has 20 heavy (non-hydrogen) atoms. The Balaban J connectivity index is 2.01. The highest BCUT2D eigenvalue weighted by atomic mass is 16.5. The fourth-order valence-electron chi connectivity index (χ4n) is 2.69. The first kappa shape index (κ1) is 13.2. The van der Waals surface area contributed by atoms with Crippen molar-refractivity contribution < 1.29 is 9.47 Å². The van der Waals surface area contributed by atoms with Crippen molar-refractivity contribution in [2.45, 2.75) is 12.0 Å². The molecule has 0 saturated carbocycles. The predicted octanol–water partition coefficient (Wildman–Crippen LogP) is 2.47. The van der Waals surface area contributed by atoms with Crippen LogP contribution in [0.25, 0.3) is 0 Å². The summed E-state index contributed by atoms with van der Waals surface area (Å²) in [5.41, 5.74) is 9.27. The lowest BCUT2D eigenvalue weighted by atomic mass is 9.73. The molecule has 104 valence electrons. The fraction of sp³-hybridized carbons (Fsp3) is 0.294. The normalized spacial score (nSPS) is 16.5. The van der Waals surface area contributed by atoms with Gasteiger partial charge in [0.05, 0.1) is 25.7 Å². The summed E-state index contributed by atoms with van der Waals surface area (Å²) in [5, 5.41) is 0. The molecule has 3 nitrogen and oxygen atoms in total. The summed E-state index contributed by atoms with van der Waals surface area (Å²) in [6, 6.07) is 16.7. The van der Waals surface area contributed by atoms with Gasteiger partial charge in [-0.2, -0.15) is 0 Å². The third kappa shape index (κ3) is 2.09. The minimum atomic E-state index is -0.0539. The van der Waals surface area contributed by atoms with Crippen molar-refractivity contribution in [3.05, 3.63) is 65.2 Å². The van der Waals surface area contributed by atoms with Gasteiger partial charge in [-0.05, 0) is 28.8 Å². The van der Waals surface area contributed by atoms with Crippen molar-refractivity contribution in [3.8, 4) is 5.75 Å². The van der Waals surface area contributed by atoms with Crippen LogP contribution in [0.4, 0.5) is 0 Å². The Labute approximate surface area is 119 Å². The second kappa shape index (κ2) is 5.27. The summed E-state index contributed by atoms with van der Waals surface area (Å²) in [4.78, 5) is 0. The lowest BCUT2D eigenvalue weighted by Gasteiger charge is -2.42. The highest BCUT2D eigenvalue weighted by Crippen LogP contribution is 2.40. The van der Waals surface area contributed by atoms with E-state index in [0.29, 0.717) is 19.8 Å². The Morgan fingerprint density at radius 1 is 1.10 bits per heavy atom. The van der Waals surface area contributed by atoms with E-state index in [1.165, 1.54) is 11.1 Å². The van der Waals surface area contributed by atoms with Crippen molar-refractivity contribution in [3.63, 3.8) is 0 Å². The molecule has 1 aliphatic heterocycles. The van der Waals surface area contributed by atoms with E-state index >= 15 is 0 Å². The molecule has 2 aromatic carbocycles. The highest BCUT2D eigenvalue weighted by Gasteiger charge is 2.42. The fourth-order valence-corrected chi connectivity index (χ4v) is 2.69.